The Kier molecular flexibility index (Phi) is 5.24. The number of rotatable bonds is 3. The first kappa shape index (κ1) is 14.1. The fourth-order valence-corrected chi connectivity index (χ4v) is 2.96. The molecule has 0 aromatic heterocycles. The molecule has 1 unspecified atom stereocenters. The Bertz CT molecular complexity index is 473. The quantitative estimate of drug-likeness (QED) is 0.579. The molecule has 0 saturated carbocycles. The Balaban J connectivity index is 1.95. The molecule has 0 radical (unpaired) electrons. The fourth-order valence-electron chi connectivity index (χ4n) is 2.05. The molecule has 1 amide bonds. The average molecular weight is 420 g/mol. The summed E-state index contributed by atoms with van der Waals surface area (Å²) in [5, 5.41) is 3.03. The van der Waals surface area contributed by atoms with Gasteiger partial charge in [-0.3, -0.25) is 4.79 Å². The Morgan fingerprint density at radius 2 is 2.28 bits per heavy atom. The van der Waals surface area contributed by atoms with Gasteiger partial charge < -0.3 is 5.32 Å². The number of carbonyl (C=O) groups excluding carboxylic acids is 1. The summed E-state index contributed by atoms with van der Waals surface area (Å²) in [7, 11) is 0. The van der Waals surface area contributed by atoms with Crippen molar-refractivity contribution in [1.82, 2.24) is 5.32 Å². The first-order chi connectivity index (χ1) is 8.66. The Morgan fingerprint density at radius 1 is 1.44 bits per heavy atom. The molecule has 1 aliphatic carbocycles. The molecule has 18 heavy (non-hydrogen) atoms. The van der Waals surface area contributed by atoms with Crippen LogP contribution in [-0.4, -0.2) is 12.5 Å². The molecule has 0 aliphatic heterocycles. The maximum Gasteiger partial charge on any atom is 0.252 e. The van der Waals surface area contributed by atoms with Gasteiger partial charge in [-0.05, 0) is 81.9 Å². The fraction of sp³-hybridized carbons (Fsp3) is 0.357. The lowest BCUT2D eigenvalue weighted by molar-refractivity contribution is 0.0945. The first-order valence-electron chi connectivity index (χ1n) is 6.05. The van der Waals surface area contributed by atoms with Crippen LogP contribution in [0.5, 0.6) is 0 Å². The van der Waals surface area contributed by atoms with E-state index in [0.29, 0.717) is 11.5 Å². The van der Waals surface area contributed by atoms with Crippen LogP contribution in [0.15, 0.2) is 34.8 Å². The molecule has 1 aromatic rings. The minimum Gasteiger partial charge on any atom is -0.352 e. The van der Waals surface area contributed by atoms with Gasteiger partial charge in [0.2, 0.25) is 0 Å². The summed E-state index contributed by atoms with van der Waals surface area (Å²) in [6.45, 7) is 0.765. The third kappa shape index (κ3) is 3.82. The molecule has 0 heterocycles. The van der Waals surface area contributed by atoms with E-state index in [4.69, 9.17) is 0 Å². The van der Waals surface area contributed by atoms with Gasteiger partial charge >= 0.3 is 0 Å². The van der Waals surface area contributed by atoms with E-state index in [9.17, 15) is 4.79 Å². The second kappa shape index (κ2) is 6.70. The van der Waals surface area contributed by atoms with Crippen LogP contribution in [0.2, 0.25) is 0 Å². The third-order valence-electron chi connectivity index (χ3n) is 3.10. The number of nitrogens with one attached hydrogen (secondary N) is 1. The summed E-state index contributed by atoms with van der Waals surface area (Å²) >= 11 is 5.64. The lowest BCUT2D eigenvalue weighted by atomic mass is 9.94. The van der Waals surface area contributed by atoms with E-state index in [1.165, 1.54) is 6.42 Å². The molecular weight excluding hydrogens is 405 g/mol. The topological polar surface area (TPSA) is 29.1 Å². The number of allylic oxidation sites excluding steroid dienone is 2. The average Bonchev–Trinajstić information content (AvgIpc) is 2.40. The van der Waals surface area contributed by atoms with Gasteiger partial charge in [0.05, 0.1) is 5.56 Å². The smallest absolute Gasteiger partial charge is 0.252 e. The zero-order valence-corrected chi connectivity index (χ0v) is 13.7. The van der Waals surface area contributed by atoms with E-state index < -0.39 is 0 Å². The zero-order chi connectivity index (χ0) is 13.0. The summed E-state index contributed by atoms with van der Waals surface area (Å²) in [5.41, 5.74) is 0.716. The number of amides is 1. The molecule has 0 fully saturated rings. The van der Waals surface area contributed by atoms with E-state index in [-0.39, 0.29) is 5.91 Å². The molecule has 1 aliphatic rings. The largest absolute Gasteiger partial charge is 0.352 e. The van der Waals surface area contributed by atoms with Gasteiger partial charge in [-0.1, -0.05) is 12.2 Å². The van der Waals surface area contributed by atoms with Gasteiger partial charge in [0.1, 0.15) is 0 Å². The lowest BCUT2D eigenvalue weighted by Crippen LogP contribution is -2.30. The van der Waals surface area contributed by atoms with Gasteiger partial charge in [0.15, 0.2) is 0 Å². The van der Waals surface area contributed by atoms with Crippen LogP contribution in [0.3, 0.4) is 0 Å². The molecular formula is C14H15BrINO. The SMILES string of the molecule is O=C(NCC1CC=CCC1)c1cc(I)ccc1Br. The van der Waals surface area contributed by atoms with Crippen LogP contribution in [0.4, 0.5) is 0 Å². The number of hydrogen-bond acceptors (Lipinski definition) is 1. The lowest BCUT2D eigenvalue weighted by Gasteiger charge is -2.18. The predicted molar refractivity (Wildman–Crippen MR) is 85.7 cm³/mol. The zero-order valence-electron chi connectivity index (χ0n) is 9.96. The molecule has 0 bridgehead atoms. The van der Waals surface area contributed by atoms with Crippen molar-refractivity contribution in [2.45, 2.75) is 19.3 Å². The van der Waals surface area contributed by atoms with Crippen LogP contribution in [0.1, 0.15) is 29.6 Å². The van der Waals surface area contributed by atoms with Crippen molar-refractivity contribution >= 4 is 44.4 Å². The first-order valence-corrected chi connectivity index (χ1v) is 7.92. The van der Waals surface area contributed by atoms with Gasteiger partial charge in [0, 0.05) is 14.6 Å². The van der Waals surface area contributed by atoms with Gasteiger partial charge in [0.25, 0.3) is 5.91 Å². The van der Waals surface area contributed by atoms with E-state index in [2.05, 4.69) is 56.0 Å². The predicted octanol–water partition coefficient (Wildman–Crippen LogP) is 4.14. The van der Waals surface area contributed by atoms with Crippen LogP contribution in [0, 0.1) is 9.49 Å². The van der Waals surface area contributed by atoms with E-state index in [0.717, 1.165) is 27.4 Å². The highest BCUT2D eigenvalue weighted by atomic mass is 127. The van der Waals surface area contributed by atoms with Crippen molar-refractivity contribution in [3.05, 3.63) is 44.0 Å². The van der Waals surface area contributed by atoms with E-state index in [1.54, 1.807) is 0 Å². The van der Waals surface area contributed by atoms with Crippen molar-refractivity contribution in [3.8, 4) is 0 Å². The van der Waals surface area contributed by atoms with Gasteiger partial charge in [-0.2, -0.15) is 0 Å². The van der Waals surface area contributed by atoms with E-state index in [1.807, 2.05) is 18.2 Å². The standard InChI is InChI=1S/C14H15BrINO/c15-13-7-6-11(16)8-12(13)14(18)17-9-10-4-2-1-3-5-10/h1-2,6-8,10H,3-5,9H2,(H,17,18). The second-order valence-electron chi connectivity index (χ2n) is 4.48. The third-order valence-corrected chi connectivity index (χ3v) is 4.46. The van der Waals surface area contributed by atoms with Crippen molar-refractivity contribution < 1.29 is 4.79 Å². The maximum absolute atomic E-state index is 12.1. The van der Waals surface area contributed by atoms with Crippen molar-refractivity contribution in [1.29, 1.82) is 0 Å². The van der Waals surface area contributed by atoms with Gasteiger partial charge in [-0.15, -0.1) is 0 Å². The van der Waals surface area contributed by atoms with Crippen LogP contribution in [0.25, 0.3) is 0 Å². The summed E-state index contributed by atoms with van der Waals surface area (Å²) < 4.78 is 1.92. The molecule has 1 aromatic carbocycles. The highest BCUT2D eigenvalue weighted by Crippen LogP contribution is 2.20. The highest BCUT2D eigenvalue weighted by molar-refractivity contribution is 14.1. The Morgan fingerprint density at radius 3 is 3.00 bits per heavy atom. The molecule has 2 rings (SSSR count). The number of benzene rings is 1. The monoisotopic (exact) mass is 419 g/mol. The number of halogens is 2. The minimum atomic E-state index is 0.00921. The second-order valence-corrected chi connectivity index (χ2v) is 6.58. The normalized spacial score (nSPS) is 18.7. The maximum atomic E-state index is 12.1. The summed E-state index contributed by atoms with van der Waals surface area (Å²) in [5.74, 6) is 0.593. The summed E-state index contributed by atoms with van der Waals surface area (Å²) in [4.78, 5) is 12.1. The van der Waals surface area contributed by atoms with E-state index >= 15 is 0 Å². The number of carbonyl (C=O) groups is 1. The molecule has 0 saturated heterocycles. The molecule has 4 heteroatoms. The van der Waals surface area contributed by atoms with Crippen molar-refractivity contribution in [2.75, 3.05) is 6.54 Å². The Hall–Kier alpha value is -0.360. The van der Waals surface area contributed by atoms with Crippen LogP contribution < -0.4 is 5.32 Å². The Labute approximate surface area is 129 Å². The highest BCUT2D eigenvalue weighted by Gasteiger charge is 2.14. The van der Waals surface area contributed by atoms with Crippen LogP contribution in [-0.2, 0) is 0 Å². The molecule has 1 N–H and O–H groups in total. The number of hydrogen-bond donors (Lipinski definition) is 1. The molecule has 0 spiro atoms. The van der Waals surface area contributed by atoms with Crippen LogP contribution >= 0.6 is 38.5 Å². The summed E-state index contributed by atoms with van der Waals surface area (Å²) in [6.07, 6.45) is 7.81. The van der Waals surface area contributed by atoms with Crippen molar-refractivity contribution in [2.24, 2.45) is 5.92 Å². The minimum absolute atomic E-state index is 0.00921. The molecule has 2 nitrogen and oxygen atoms in total. The van der Waals surface area contributed by atoms with Crippen molar-refractivity contribution in [3.63, 3.8) is 0 Å². The molecule has 1 atom stereocenters. The van der Waals surface area contributed by atoms with Gasteiger partial charge in [-0.25, -0.2) is 0 Å². The summed E-state index contributed by atoms with van der Waals surface area (Å²) in [6, 6.07) is 5.80. The molecule has 96 valence electrons.